The van der Waals surface area contributed by atoms with Crippen LogP contribution in [0, 0.1) is 11.6 Å². The second-order valence-electron chi connectivity index (χ2n) is 8.53. The molecule has 13 heteroatoms. The van der Waals surface area contributed by atoms with Crippen molar-refractivity contribution in [3.05, 3.63) is 77.6 Å². The summed E-state index contributed by atoms with van der Waals surface area (Å²) in [7, 11) is -3.89. The molecule has 2 aromatic carbocycles. The molecule has 10 nitrogen and oxygen atoms in total. The van der Waals surface area contributed by atoms with Crippen LogP contribution in [0.2, 0.25) is 0 Å². The highest BCUT2D eigenvalue weighted by Crippen LogP contribution is 2.30. The summed E-state index contributed by atoms with van der Waals surface area (Å²) in [6.45, 7) is 1.63. The number of nitrogens with one attached hydrogen (secondary N) is 3. The highest BCUT2D eigenvalue weighted by molar-refractivity contribution is 7.92. The van der Waals surface area contributed by atoms with Crippen LogP contribution in [-0.2, 0) is 19.6 Å². The highest BCUT2D eigenvalue weighted by Gasteiger charge is 2.26. The third-order valence-corrected chi connectivity index (χ3v) is 7.25. The Bertz CT molecular complexity index is 1690. The molecular weight excluding hydrogens is 534 g/mol. The fourth-order valence-corrected chi connectivity index (χ4v) is 5.04. The standard InChI is InChI=1S/C26H22F2N4O6S/c1-2-9-39(37,38)32-20-8-7-19(27)22(23(20)28)24(34)18-12-30-25-17(18)10-15(11-29-25)14-3-5-16(6-4-14)31-21(13-33)26(35)36/h3-8,10-13,21,31-32H,2,9H2,1H3,(H,29,30)(H,35,36). The molecule has 2 aromatic heterocycles. The van der Waals surface area contributed by atoms with Gasteiger partial charge in [-0.2, -0.15) is 0 Å². The minimum absolute atomic E-state index is 0.0840. The summed E-state index contributed by atoms with van der Waals surface area (Å²) in [4.78, 5) is 42.3. The van der Waals surface area contributed by atoms with Crippen LogP contribution in [0.3, 0.4) is 0 Å². The monoisotopic (exact) mass is 556 g/mol. The number of carboxylic acid groups (broad SMARTS) is 1. The van der Waals surface area contributed by atoms with E-state index in [1.54, 1.807) is 37.3 Å². The predicted octanol–water partition coefficient (Wildman–Crippen LogP) is 3.95. The summed E-state index contributed by atoms with van der Waals surface area (Å²) in [6, 6.07) is 8.27. The van der Waals surface area contributed by atoms with Crippen molar-refractivity contribution in [2.45, 2.75) is 19.4 Å². The predicted molar refractivity (Wildman–Crippen MR) is 140 cm³/mol. The van der Waals surface area contributed by atoms with Gasteiger partial charge in [0.1, 0.15) is 11.5 Å². The van der Waals surface area contributed by atoms with Crippen molar-refractivity contribution in [2.75, 3.05) is 15.8 Å². The molecule has 0 spiro atoms. The summed E-state index contributed by atoms with van der Waals surface area (Å²) in [5, 5.41) is 11.8. The maximum absolute atomic E-state index is 15.2. The van der Waals surface area contributed by atoms with Gasteiger partial charge >= 0.3 is 5.97 Å². The number of carbonyl (C=O) groups is 3. The molecule has 4 rings (SSSR count). The number of hydrogen-bond donors (Lipinski definition) is 4. The summed E-state index contributed by atoms with van der Waals surface area (Å²) >= 11 is 0. The normalized spacial score (nSPS) is 12.2. The molecule has 2 heterocycles. The number of pyridine rings is 1. The van der Waals surface area contributed by atoms with Gasteiger partial charge in [0.25, 0.3) is 0 Å². The number of carboxylic acids is 1. The SMILES string of the molecule is CCCS(=O)(=O)Nc1ccc(F)c(C(=O)c2c[nH]c3ncc(-c4ccc(NC(C=O)C(=O)O)cc4)cc23)c1F. The maximum atomic E-state index is 15.2. The fourth-order valence-electron chi connectivity index (χ4n) is 3.90. The van der Waals surface area contributed by atoms with Crippen LogP contribution in [0.5, 0.6) is 0 Å². The van der Waals surface area contributed by atoms with Gasteiger partial charge in [0.2, 0.25) is 15.8 Å². The number of benzene rings is 2. The van der Waals surface area contributed by atoms with E-state index in [0.717, 1.165) is 12.1 Å². The summed E-state index contributed by atoms with van der Waals surface area (Å²) < 4.78 is 56.1. The van der Waals surface area contributed by atoms with Crippen LogP contribution < -0.4 is 10.0 Å². The van der Waals surface area contributed by atoms with E-state index in [1.807, 2.05) is 0 Å². The van der Waals surface area contributed by atoms with Crippen molar-refractivity contribution in [3.8, 4) is 11.1 Å². The lowest BCUT2D eigenvalue weighted by atomic mass is 9.99. The molecule has 0 aliphatic heterocycles. The van der Waals surface area contributed by atoms with Gasteiger partial charge in [-0.25, -0.2) is 27.0 Å². The molecule has 1 atom stereocenters. The molecule has 0 saturated heterocycles. The number of aromatic amines is 1. The zero-order valence-corrected chi connectivity index (χ0v) is 21.2. The Hall–Kier alpha value is -4.65. The van der Waals surface area contributed by atoms with Crippen molar-refractivity contribution < 1.29 is 36.7 Å². The Morgan fingerprint density at radius 3 is 2.49 bits per heavy atom. The molecule has 4 aromatic rings. The summed E-state index contributed by atoms with van der Waals surface area (Å²) in [6.07, 6.45) is 3.30. The van der Waals surface area contributed by atoms with Gasteiger partial charge in [-0.05, 0) is 42.3 Å². The van der Waals surface area contributed by atoms with Crippen LogP contribution in [-0.4, -0.2) is 53.3 Å². The average molecular weight is 557 g/mol. The molecule has 4 N–H and O–H groups in total. The molecule has 0 amide bonds. The van der Waals surface area contributed by atoms with E-state index in [4.69, 9.17) is 5.11 Å². The van der Waals surface area contributed by atoms with E-state index in [2.05, 4.69) is 20.0 Å². The number of ketones is 1. The first kappa shape index (κ1) is 27.4. The van der Waals surface area contributed by atoms with Crippen LogP contribution in [0.15, 0.2) is 54.9 Å². The summed E-state index contributed by atoms with van der Waals surface area (Å²) in [5.74, 6) is -5.12. The molecule has 0 radical (unpaired) electrons. The minimum atomic E-state index is -3.89. The molecule has 1 unspecified atom stereocenters. The van der Waals surface area contributed by atoms with Gasteiger partial charge in [0, 0.05) is 34.6 Å². The first-order valence-electron chi connectivity index (χ1n) is 11.6. The lowest BCUT2D eigenvalue weighted by molar-refractivity contribution is -0.139. The van der Waals surface area contributed by atoms with E-state index in [9.17, 15) is 27.2 Å². The van der Waals surface area contributed by atoms with E-state index >= 15 is 4.39 Å². The first-order valence-corrected chi connectivity index (χ1v) is 13.2. The van der Waals surface area contributed by atoms with Gasteiger partial charge in [0.15, 0.2) is 18.1 Å². The van der Waals surface area contributed by atoms with Crippen LogP contribution >= 0.6 is 0 Å². The van der Waals surface area contributed by atoms with Crippen molar-refractivity contribution >= 4 is 50.5 Å². The van der Waals surface area contributed by atoms with Gasteiger partial charge in [-0.3, -0.25) is 9.52 Å². The number of carbonyl (C=O) groups excluding carboxylic acids is 2. The number of aromatic nitrogens is 2. The van der Waals surface area contributed by atoms with Gasteiger partial charge in [-0.1, -0.05) is 19.1 Å². The molecule has 0 bridgehead atoms. The number of halogens is 2. The fraction of sp³-hybridized carbons (Fsp3) is 0.154. The molecule has 0 aliphatic carbocycles. The molecule has 39 heavy (non-hydrogen) atoms. The Morgan fingerprint density at radius 1 is 1.13 bits per heavy atom. The largest absolute Gasteiger partial charge is 0.479 e. The molecular formula is C26H22F2N4O6S. The summed E-state index contributed by atoms with van der Waals surface area (Å²) in [5.41, 5.74) is 0.268. The zero-order valence-electron chi connectivity index (χ0n) is 20.4. The zero-order chi connectivity index (χ0) is 28.3. The second kappa shape index (κ2) is 11.0. The van der Waals surface area contributed by atoms with E-state index in [1.165, 1.54) is 12.4 Å². The number of sulfonamides is 1. The Balaban J connectivity index is 1.68. The van der Waals surface area contributed by atoms with Gasteiger partial charge in [-0.15, -0.1) is 0 Å². The number of nitrogens with zero attached hydrogens (tertiary/aromatic N) is 1. The van der Waals surface area contributed by atoms with E-state index in [0.29, 0.717) is 16.8 Å². The molecule has 202 valence electrons. The minimum Gasteiger partial charge on any atom is -0.479 e. The third-order valence-electron chi connectivity index (χ3n) is 5.77. The van der Waals surface area contributed by atoms with Crippen molar-refractivity contribution in [1.29, 1.82) is 0 Å². The lowest BCUT2D eigenvalue weighted by Gasteiger charge is -2.11. The number of anilines is 2. The number of aliphatic carboxylic acids is 1. The smallest absolute Gasteiger partial charge is 0.333 e. The van der Waals surface area contributed by atoms with Gasteiger partial charge < -0.3 is 20.2 Å². The number of rotatable bonds is 11. The first-order chi connectivity index (χ1) is 18.5. The van der Waals surface area contributed by atoms with Crippen LogP contribution in [0.4, 0.5) is 20.2 Å². The Kier molecular flexibility index (Phi) is 7.72. The Morgan fingerprint density at radius 2 is 1.85 bits per heavy atom. The number of hydrogen-bond acceptors (Lipinski definition) is 7. The second-order valence-corrected chi connectivity index (χ2v) is 10.4. The lowest BCUT2D eigenvalue weighted by Crippen LogP contribution is -2.30. The van der Waals surface area contributed by atoms with Crippen LogP contribution in [0.1, 0.15) is 29.3 Å². The molecule has 0 aliphatic rings. The van der Waals surface area contributed by atoms with Crippen molar-refractivity contribution in [2.24, 2.45) is 0 Å². The number of H-pyrrole nitrogens is 1. The topological polar surface area (TPSA) is 158 Å². The molecule has 0 saturated carbocycles. The van der Waals surface area contributed by atoms with Gasteiger partial charge in [0.05, 0.1) is 17.0 Å². The van der Waals surface area contributed by atoms with E-state index in [-0.39, 0.29) is 35.1 Å². The Labute approximate surface area is 221 Å². The van der Waals surface area contributed by atoms with Crippen LogP contribution in [0.25, 0.3) is 22.2 Å². The number of aldehydes is 1. The quantitative estimate of drug-likeness (QED) is 0.123. The number of fused-ring (bicyclic) bond motifs is 1. The van der Waals surface area contributed by atoms with E-state index < -0.39 is 50.7 Å². The maximum Gasteiger partial charge on any atom is 0.333 e. The molecule has 0 fully saturated rings. The average Bonchev–Trinajstić information content (AvgIpc) is 3.32. The van der Waals surface area contributed by atoms with Crippen molar-refractivity contribution in [1.82, 2.24) is 9.97 Å². The third kappa shape index (κ3) is 5.77. The highest BCUT2D eigenvalue weighted by atomic mass is 32.2. The van der Waals surface area contributed by atoms with Crippen molar-refractivity contribution in [3.63, 3.8) is 0 Å².